The second-order valence-corrected chi connectivity index (χ2v) is 3.82. The third kappa shape index (κ3) is 4.98. The fraction of sp³-hybridized carbons (Fsp3) is 0.583. The Morgan fingerprint density at radius 3 is 2.88 bits per heavy atom. The number of rotatable bonds is 7. The van der Waals surface area contributed by atoms with Gasteiger partial charge in [0.05, 0.1) is 13.1 Å². The summed E-state index contributed by atoms with van der Waals surface area (Å²) in [5.41, 5.74) is 0. The van der Waals surface area contributed by atoms with E-state index in [9.17, 15) is 4.79 Å². The minimum atomic E-state index is 0.0386. The van der Waals surface area contributed by atoms with E-state index in [2.05, 4.69) is 17.6 Å². The molecule has 0 aromatic carbocycles. The van der Waals surface area contributed by atoms with E-state index in [1.54, 1.807) is 0 Å². The lowest BCUT2D eigenvalue weighted by molar-refractivity contribution is -0.120. The summed E-state index contributed by atoms with van der Waals surface area (Å²) in [6.07, 6.45) is 2.13. The molecule has 0 atom stereocenters. The molecule has 90 valence electrons. The first-order valence-corrected chi connectivity index (χ1v) is 5.75. The Kier molecular flexibility index (Phi) is 5.64. The lowest BCUT2D eigenvalue weighted by atomic mass is 10.3. The van der Waals surface area contributed by atoms with Gasteiger partial charge in [0.25, 0.3) is 0 Å². The Bertz CT molecular complexity index is 321. The number of carbonyl (C=O) groups is 1. The highest BCUT2D eigenvalue weighted by atomic mass is 16.3. The number of furan rings is 1. The first-order valence-electron chi connectivity index (χ1n) is 5.75. The van der Waals surface area contributed by atoms with Gasteiger partial charge in [0.2, 0.25) is 5.91 Å². The minimum absolute atomic E-state index is 0.0386. The van der Waals surface area contributed by atoms with Crippen LogP contribution in [0.25, 0.3) is 0 Å². The van der Waals surface area contributed by atoms with E-state index in [1.807, 2.05) is 19.1 Å². The molecule has 0 aliphatic heterocycles. The molecule has 4 nitrogen and oxygen atoms in total. The molecule has 0 saturated carbocycles. The second kappa shape index (κ2) is 7.06. The number of hydrogen-bond acceptors (Lipinski definition) is 3. The van der Waals surface area contributed by atoms with Crippen LogP contribution in [0.1, 0.15) is 31.3 Å². The molecular weight excluding hydrogens is 204 g/mol. The van der Waals surface area contributed by atoms with E-state index in [4.69, 9.17) is 4.42 Å². The molecule has 0 radical (unpaired) electrons. The van der Waals surface area contributed by atoms with Crippen LogP contribution in [0.3, 0.4) is 0 Å². The Balaban J connectivity index is 2.08. The monoisotopic (exact) mass is 224 g/mol. The maximum absolute atomic E-state index is 11.3. The zero-order chi connectivity index (χ0) is 11.8. The van der Waals surface area contributed by atoms with Gasteiger partial charge in [-0.15, -0.1) is 0 Å². The van der Waals surface area contributed by atoms with Gasteiger partial charge in [0.15, 0.2) is 0 Å². The molecule has 0 aliphatic rings. The summed E-state index contributed by atoms with van der Waals surface area (Å²) in [5.74, 6) is 1.79. The van der Waals surface area contributed by atoms with E-state index >= 15 is 0 Å². The predicted molar refractivity (Wildman–Crippen MR) is 63.1 cm³/mol. The zero-order valence-electron chi connectivity index (χ0n) is 10.0. The molecular formula is C12H20N2O2. The molecule has 1 rings (SSSR count). The van der Waals surface area contributed by atoms with Crippen LogP contribution < -0.4 is 10.6 Å². The molecule has 0 spiro atoms. The number of unbranched alkanes of at least 4 members (excludes halogenated alkanes) is 1. The SMILES string of the molecule is CCCCNC(=O)CNCc1ccc(C)o1. The summed E-state index contributed by atoms with van der Waals surface area (Å²) < 4.78 is 5.37. The van der Waals surface area contributed by atoms with Gasteiger partial charge in [-0.1, -0.05) is 13.3 Å². The lowest BCUT2D eigenvalue weighted by Crippen LogP contribution is -2.34. The normalized spacial score (nSPS) is 10.4. The van der Waals surface area contributed by atoms with Crippen LogP contribution in [0.5, 0.6) is 0 Å². The zero-order valence-corrected chi connectivity index (χ0v) is 10.0. The summed E-state index contributed by atoms with van der Waals surface area (Å²) in [6.45, 7) is 5.69. The molecule has 1 heterocycles. The lowest BCUT2D eigenvalue weighted by Gasteiger charge is -2.04. The minimum Gasteiger partial charge on any atom is -0.465 e. The Morgan fingerprint density at radius 2 is 2.25 bits per heavy atom. The average Bonchev–Trinajstić information content (AvgIpc) is 2.65. The molecule has 16 heavy (non-hydrogen) atoms. The van der Waals surface area contributed by atoms with E-state index < -0.39 is 0 Å². The van der Waals surface area contributed by atoms with Crippen molar-refractivity contribution in [1.82, 2.24) is 10.6 Å². The molecule has 1 amide bonds. The Hall–Kier alpha value is -1.29. The van der Waals surface area contributed by atoms with Crippen molar-refractivity contribution in [3.05, 3.63) is 23.7 Å². The highest BCUT2D eigenvalue weighted by Gasteiger charge is 2.01. The van der Waals surface area contributed by atoms with Gasteiger partial charge in [0.1, 0.15) is 11.5 Å². The van der Waals surface area contributed by atoms with Crippen molar-refractivity contribution in [1.29, 1.82) is 0 Å². The van der Waals surface area contributed by atoms with E-state index in [1.165, 1.54) is 0 Å². The van der Waals surface area contributed by atoms with Crippen LogP contribution >= 0.6 is 0 Å². The summed E-state index contributed by atoms with van der Waals surface area (Å²) in [6, 6.07) is 3.83. The van der Waals surface area contributed by atoms with Crippen LogP contribution in [-0.2, 0) is 11.3 Å². The number of nitrogens with one attached hydrogen (secondary N) is 2. The van der Waals surface area contributed by atoms with E-state index in [0.29, 0.717) is 13.1 Å². The maximum Gasteiger partial charge on any atom is 0.233 e. The highest BCUT2D eigenvalue weighted by molar-refractivity contribution is 5.77. The van der Waals surface area contributed by atoms with Crippen molar-refractivity contribution in [2.75, 3.05) is 13.1 Å². The van der Waals surface area contributed by atoms with Crippen LogP contribution in [-0.4, -0.2) is 19.0 Å². The Labute approximate surface area is 96.4 Å². The van der Waals surface area contributed by atoms with Crippen molar-refractivity contribution >= 4 is 5.91 Å². The van der Waals surface area contributed by atoms with Crippen molar-refractivity contribution in [3.63, 3.8) is 0 Å². The summed E-state index contributed by atoms with van der Waals surface area (Å²) >= 11 is 0. The molecule has 0 unspecified atom stereocenters. The van der Waals surface area contributed by atoms with Gasteiger partial charge in [-0.2, -0.15) is 0 Å². The summed E-state index contributed by atoms with van der Waals surface area (Å²) in [4.78, 5) is 11.3. The summed E-state index contributed by atoms with van der Waals surface area (Å²) in [5, 5.41) is 5.88. The quantitative estimate of drug-likeness (QED) is 0.692. The predicted octanol–water partition coefficient (Wildman–Crippen LogP) is 1.59. The maximum atomic E-state index is 11.3. The van der Waals surface area contributed by atoms with Crippen LogP contribution in [0, 0.1) is 6.92 Å². The van der Waals surface area contributed by atoms with Crippen molar-refractivity contribution in [3.8, 4) is 0 Å². The molecule has 1 aromatic rings. The fourth-order valence-corrected chi connectivity index (χ4v) is 1.35. The molecule has 0 fully saturated rings. The third-order valence-electron chi connectivity index (χ3n) is 2.23. The van der Waals surface area contributed by atoms with Crippen LogP contribution in [0.2, 0.25) is 0 Å². The van der Waals surface area contributed by atoms with Gasteiger partial charge in [0, 0.05) is 6.54 Å². The smallest absolute Gasteiger partial charge is 0.233 e. The second-order valence-electron chi connectivity index (χ2n) is 3.82. The van der Waals surface area contributed by atoms with Gasteiger partial charge in [-0.05, 0) is 25.5 Å². The average molecular weight is 224 g/mol. The largest absolute Gasteiger partial charge is 0.465 e. The standard InChI is InChI=1S/C12H20N2O2/c1-3-4-7-14-12(15)9-13-8-11-6-5-10(2)16-11/h5-6,13H,3-4,7-9H2,1-2H3,(H,14,15). The molecule has 0 bridgehead atoms. The van der Waals surface area contributed by atoms with E-state index in [0.717, 1.165) is 30.9 Å². The van der Waals surface area contributed by atoms with Crippen molar-refractivity contribution in [2.45, 2.75) is 33.2 Å². The first kappa shape index (κ1) is 12.8. The summed E-state index contributed by atoms with van der Waals surface area (Å²) in [7, 11) is 0. The van der Waals surface area contributed by atoms with Gasteiger partial charge in [-0.3, -0.25) is 4.79 Å². The molecule has 1 aromatic heterocycles. The van der Waals surface area contributed by atoms with Gasteiger partial charge < -0.3 is 15.1 Å². The van der Waals surface area contributed by atoms with E-state index in [-0.39, 0.29) is 5.91 Å². The van der Waals surface area contributed by atoms with Crippen LogP contribution in [0.4, 0.5) is 0 Å². The van der Waals surface area contributed by atoms with Gasteiger partial charge >= 0.3 is 0 Å². The molecule has 0 saturated heterocycles. The number of carbonyl (C=O) groups excluding carboxylic acids is 1. The molecule has 2 N–H and O–H groups in total. The topological polar surface area (TPSA) is 54.3 Å². The number of hydrogen-bond donors (Lipinski definition) is 2. The highest BCUT2D eigenvalue weighted by Crippen LogP contribution is 2.04. The van der Waals surface area contributed by atoms with Crippen LogP contribution in [0.15, 0.2) is 16.5 Å². The number of aryl methyl sites for hydroxylation is 1. The molecule has 0 aliphatic carbocycles. The first-order chi connectivity index (χ1) is 7.72. The number of amides is 1. The Morgan fingerprint density at radius 1 is 1.44 bits per heavy atom. The van der Waals surface area contributed by atoms with Crippen molar-refractivity contribution < 1.29 is 9.21 Å². The third-order valence-corrected chi connectivity index (χ3v) is 2.23. The van der Waals surface area contributed by atoms with Gasteiger partial charge in [-0.25, -0.2) is 0 Å². The molecule has 4 heteroatoms. The fourth-order valence-electron chi connectivity index (χ4n) is 1.35. The van der Waals surface area contributed by atoms with Crippen molar-refractivity contribution in [2.24, 2.45) is 0 Å².